The summed E-state index contributed by atoms with van der Waals surface area (Å²) in [5, 5.41) is 33.6. The van der Waals surface area contributed by atoms with Gasteiger partial charge < -0.3 is 20.4 Å². The first-order chi connectivity index (χ1) is 19.8. The van der Waals surface area contributed by atoms with E-state index >= 15 is 0 Å². The topological polar surface area (TPSA) is 183 Å². The fourth-order valence-electron chi connectivity index (χ4n) is 5.00. The number of aliphatic hydroxyl groups is 1. The Balaban J connectivity index is -0.000000161. The van der Waals surface area contributed by atoms with Crippen LogP contribution in [0.1, 0.15) is 153 Å². The maximum absolute atomic E-state index is 11.6. The van der Waals surface area contributed by atoms with Crippen LogP contribution in [0.15, 0.2) is 0 Å². The van der Waals surface area contributed by atoms with Crippen LogP contribution in [-0.2, 0) is 55.0 Å². The molecule has 44 heavy (non-hydrogen) atoms. The summed E-state index contributed by atoms with van der Waals surface area (Å²) < 4.78 is 0. The van der Waals surface area contributed by atoms with E-state index < -0.39 is 34.2 Å². The van der Waals surface area contributed by atoms with Gasteiger partial charge in [-0.3, -0.25) is 28.8 Å². The fourth-order valence-corrected chi connectivity index (χ4v) is 5.00. The number of hydrogen-bond acceptors (Lipinski definition) is 7. The Morgan fingerprint density at radius 3 is 0.614 bits per heavy atom. The summed E-state index contributed by atoms with van der Waals surface area (Å²) in [5.41, 5.74) is -1.21. The van der Waals surface area contributed by atoms with E-state index in [-0.39, 0.29) is 68.9 Å². The smallest absolute Gasteiger partial charge is 0.310 e. The van der Waals surface area contributed by atoms with Gasteiger partial charge in [0.05, 0.1) is 0 Å². The summed E-state index contributed by atoms with van der Waals surface area (Å²) in [6.45, 7) is 20.9. The predicted molar refractivity (Wildman–Crippen MR) is 169 cm³/mol. The van der Waals surface area contributed by atoms with Crippen LogP contribution >= 0.6 is 0 Å². The molecule has 11 heteroatoms. The average molecular weight is 710 g/mol. The number of rotatable bonds is 18. The number of carbonyl (C=O) groups excluding carboxylic acids is 3. The molecule has 0 aliphatic carbocycles. The number of hydrogen-bond donors (Lipinski definition) is 4. The Labute approximate surface area is 285 Å². The zero-order valence-corrected chi connectivity index (χ0v) is 31.8. The molecule has 0 atom stereocenters. The van der Waals surface area contributed by atoms with E-state index in [0.29, 0.717) is 0 Å². The van der Waals surface area contributed by atoms with E-state index in [1.54, 1.807) is 13.8 Å². The van der Waals surface area contributed by atoms with Gasteiger partial charge in [-0.15, -0.1) is 0 Å². The Morgan fingerprint density at radius 1 is 0.432 bits per heavy atom. The number of aliphatic carboxylic acids is 3. The molecule has 0 aromatic rings. The van der Waals surface area contributed by atoms with Gasteiger partial charge in [0.25, 0.3) is 0 Å². The third kappa shape index (κ3) is 20.3. The van der Waals surface area contributed by atoms with Crippen molar-refractivity contribution in [1.29, 1.82) is 0 Å². The van der Waals surface area contributed by atoms with Crippen LogP contribution in [0.5, 0.6) is 0 Å². The van der Waals surface area contributed by atoms with Crippen LogP contribution in [0, 0.1) is 16.2 Å². The van der Waals surface area contributed by atoms with Gasteiger partial charge in [0, 0.05) is 48.6 Å². The molecule has 10 nitrogen and oxygen atoms in total. The molecule has 0 fully saturated rings. The van der Waals surface area contributed by atoms with Gasteiger partial charge in [-0.1, -0.05) is 62.3 Å². The number of carbonyl (C=O) groups is 6. The van der Waals surface area contributed by atoms with E-state index in [4.69, 9.17) is 20.4 Å². The first-order valence-corrected chi connectivity index (χ1v) is 15.7. The van der Waals surface area contributed by atoms with Crippen molar-refractivity contribution in [3.8, 4) is 0 Å². The minimum atomic E-state index is -1.02. The van der Waals surface area contributed by atoms with Gasteiger partial charge in [-0.25, -0.2) is 0 Å². The molecular formula is C33H62O10Zr. The summed E-state index contributed by atoms with van der Waals surface area (Å²) in [6.07, 6.45) is 5.37. The van der Waals surface area contributed by atoms with Crippen molar-refractivity contribution in [1.82, 2.24) is 0 Å². The minimum Gasteiger partial charge on any atom is -0.481 e. The van der Waals surface area contributed by atoms with Gasteiger partial charge in [-0.2, -0.15) is 0 Å². The minimum absolute atomic E-state index is 0. The van der Waals surface area contributed by atoms with Crippen LogP contribution < -0.4 is 0 Å². The molecule has 0 aliphatic rings. The fraction of sp³-hybridized carbons (Fsp3) is 0.818. The third-order valence-corrected chi connectivity index (χ3v) is 8.80. The molecule has 0 saturated carbocycles. The molecule has 0 rings (SSSR count). The van der Waals surface area contributed by atoms with Crippen LogP contribution in [-0.4, -0.2) is 61.8 Å². The van der Waals surface area contributed by atoms with Crippen molar-refractivity contribution < 1.29 is 75.4 Å². The van der Waals surface area contributed by atoms with Crippen LogP contribution in [0.25, 0.3) is 0 Å². The van der Waals surface area contributed by atoms with Crippen molar-refractivity contribution in [2.45, 2.75) is 159 Å². The molecule has 0 unspecified atom stereocenters. The molecule has 258 valence electrons. The molecular weight excluding hydrogens is 648 g/mol. The predicted octanol–water partition coefficient (Wildman–Crippen LogP) is 7.12. The second-order valence-corrected chi connectivity index (χ2v) is 11.1. The van der Waals surface area contributed by atoms with Crippen molar-refractivity contribution >= 4 is 35.3 Å². The van der Waals surface area contributed by atoms with Gasteiger partial charge in [0.15, 0.2) is 0 Å². The quantitative estimate of drug-likeness (QED) is 0.107. The van der Waals surface area contributed by atoms with Crippen LogP contribution in [0.3, 0.4) is 0 Å². The molecule has 4 N–H and O–H groups in total. The number of carboxylic acids is 3. The summed E-state index contributed by atoms with van der Waals surface area (Å²) in [4.78, 5) is 65.9. The number of carboxylic acid groups (broad SMARTS) is 3. The average Bonchev–Trinajstić information content (AvgIpc) is 2.92. The first kappa shape index (κ1) is 51.8. The molecule has 0 heterocycles. The van der Waals surface area contributed by atoms with Crippen molar-refractivity contribution in [3.63, 3.8) is 0 Å². The molecule has 0 saturated heterocycles. The maximum atomic E-state index is 11.6. The summed E-state index contributed by atoms with van der Waals surface area (Å²) in [6, 6.07) is 0. The summed E-state index contributed by atoms with van der Waals surface area (Å²) in [7, 11) is 0. The molecule has 0 radical (unpaired) electrons. The number of aliphatic hydroxyl groups excluding tert-OH is 1. The van der Waals surface area contributed by atoms with E-state index in [0.717, 1.165) is 57.8 Å². The first-order valence-electron chi connectivity index (χ1n) is 15.7. The zero-order chi connectivity index (χ0) is 35.0. The van der Waals surface area contributed by atoms with Crippen molar-refractivity contribution in [2.75, 3.05) is 0 Å². The Kier molecular flexibility index (Phi) is 32.5. The third-order valence-electron chi connectivity index (χ3n) is 8.80. The Hall–Kier alpha value is -1.74. The molecule has 0 bridgehead atoms. The van der Waals surface area contributed by atoms with E-state index in [2.05, 4.69) is 0 Å². The van der Waals surface area contributed by atoms with E-state index in [9.17, 15) is 28.8 Å². The Morgan fingerprint density at radius 2 is 0.545 bits per heavy atom. The van der Waals surface area contributed by atoms with Gasteiger partial charge in [0.2, 0.25) is 0 Å². The van der Waals surface area contributed by atoms with Crippen molar-refractivity contribution in [2.24, 2.45) is 16.2 Å². The standard InChI is InChI=1S/3C10H18O3.C3H8O.Zr/c3*1-4-10(5-2,6-3)8(11)7-9(12)13;1-3(2)4;/h3*4-7H2,1-3H3,(H,12,13);3-4H,1-2H3;. The van der Waals surface area contributed by atoms with Gasteiger partial charge in [-0.05, 0) is 71.6 Å². The molecule has 0 amide bonds. The van der Waals surface area contributed by atoms with Crippen molar-refractivity contribution in [3.05, 3.63) is 0 Å². The van der Waals surface area contributed by atoms with E-state index in [1.165, 1.54) is 0 Å². The van der Waals surface area contributed by atoms with Gasteiger partial charge >= 0.3 is 17.9 Å². The summed E-state index contributed by atoms with van der Waals surface area (Å²) in [5.74, 6) is -3.47. The second-order valence-electron chi connectivity index (χ2n) is 11.1. The Bertz CT molecular complexity index is 707. The molecule has 0 spiro atoms. The van der Waals surface area contributed by atoms with Crippen LogP contribution in [0.2, 0.25) is 0 Å². The second kappa shape index (κ2) is 27.6. The summed E-state index contributed by atoms with van der Waals surface area (Å²) >= 11 is 0. The number of ketones is 3. The van der Waals surface area contributed by atoms with E-state index in [1.807, 2.05) is 62.3 Å². The number of Topliss-reactive ketones (excluding diaryl/α,β-unsaturated/α-hetero) is 3. The molecule has 0 aromatic carbocycles. The normalized spacial score (nSPS) is 10.8. The maximum Gasteiger partial charge on any atom is 0.310 e. The van der Waals surface area contributed by atoms with Gasteiger partial charge in [0.1, 0.15) is 36.6 Å². The monoisotopic (exact) mass is 708 g/mol. The SMILES string of the molecule is CC(C)O.CCC(CC)(CC)C(=O)CC(=O)O.CCC(CC)(CC)C(=O)CC(=O)O.CCC(CC)(CC)C(=O)CC(=O)O.[Zr]. The molecule has 0 aliphatic heterocycles. The van der Waals surface area contributed by atoms with Crippen LogP contribution in [0.4, 0.5) is 0 Å². The largest absolute Gasteiger partial charge is 0.481 e. The zero-order valence-electron chi connectivity index (χ0n) is 29.3. The molecule has 0 aromatic heterocycles.